The van der Waals surface area contributed by atoms with Crippen LogP contribution in [-0.2, 0) is 44.7 Å². The summed E-state index contributed by atoms with van der Waals surface area (Å²) in [5, 5.41) is 22.9. The van der Waals surface area contributed by atoms with Crippen molar-refractivity contribution in [2.24, 2.45) is 23.7 Å². The zero-order valence-corrected chi connectivity index (χ0v) is 31.3. The fourth-order valence-corrected chi connectivity index (χ4v) is 7.53. The molecule has 0 spiro atoms. The molecule has 286 valence electrons. The van der Waals surface area contributed by atoms with Gasteiger partial charge in [-0.3, -0.25) is 9.59 Å². The zero-order valence-electron chi connectivity index (χ0n) is 31.3. The Morgan fingerprint density at radius 3 is 1.19 bits per heavy atom. The molecule has 2 N–H and O–H groups in total. The number of aromatic hydroxyl groups is 2. The van der Waals surface area contributed by atoms with E-state index in [1.807, 2.05) is 36.4 Å². The summed E-state index contributed by atoms with van der Waals surface area (Å²) in [6, 6.07) is 18.2. The van der Waals surface area contributed by atoms with Gasteiger partial charge in [-0.05, 0) is 96.5 Å². The lowest BCUT2D eigenvalue weighted by Gasteiger charge is -2.20. The first-order valence-corrected chi connectivity index (χ1v) is 17.7. The van der Waals surface area contributed by atoms with E-state index in [0.717, 1.165) is 11.1 Å². The predicted molar refractivity (Wildman–Crippen MR) is 198 cm³/mol. The summed E-state index contributed by atoms with van der Waals surface area (Å²) < 4.78 is 43.9. The van der Waals surface area contributed by atoms with Crippen LogP contribution in [0.1, 0.15) is 22.3 Å². The number of phenols is 2. The lowest BCUT2D eigenvalue weighted by atomic mass is 9.83. The molecule has 4 aromatic rings. The van der Waals surface area contributed by atoms with Crippen molar-refractivity contribution in [3.63, 3.8) is 0 Å². The van der Waals surface area contributed by atoms with Gasteiger partial charge < -0.3 is 48.1 Å². The summed E-state index contributed by atoms with van der Waals surface area (Å²) in [5.74, 6) is 0.519. The number of ether oxygens (including phenoxy) is 8. The average molecular weight is 743 g/mol. The van der Waals surface area contributed by atoms with Crippen LogP contribution in [0.25, 0.3) is 11.1 Å². The van der Waals surface area contributed by atoms with Crippen molar-refractivity contribution < 1.29 is 57.7 Å². The van der Waals surface area contributed by atoms with Crippen molar-refractivity contribution in [3.05, 3.63) is 82.9 Å². The fraction of sp³-hybridized carbons (Fsp3) is 0.381. The van der Waals surface area contributed by atoms with Gasteiger partial charge in [0.1, 0.15) is 0 Å². The van der Waals surface area contributed by atoms with E-state index in [9.17, 15) is 19.8 Å². The van der Waals surface area contributed by atoms with Crippen LogP contribution in [0.2, 0.25) is 0 Å². The summed E-state index contributed by atoms with van der Waals surface area (Å²) in [7, 11) is 9.18. The van der Waals surface area contributed by atoms with Gasteiger partial charge in [0.15, 0.2) is 46.0 Å². The van der Waals surface area contributed by atoms with E-state index in [2.05, 4.69) is 0 Å². The molecule has 4 atom stereocenters. The molecule has 0 aliphatic carbocycles. The molecule has 12 nitrogen and oxygen atoms in total. The van der Waals surface area contributed by atoms with Crippen molar-refractivity contribution in [2.45, 2.75) is 25.7 Å². The van der Waals surface area contributed by atoms with E-state index in [0.29, 0.717) is 59.8 Å². The molecule has 0 saturated carbocycles. The molecule has 0 bridgehead atoms. The third kappa shape index (κ3) is 7.78. The SMILES string of the molecule is COc1ccc(C[C@@H]2COC(=O)[C@H]2Cc2cc(OC)c(O)c(-c3cc(C[C@@H]4C(=O)OC[C@H]4Cc4ccc(OC)c(OC)c4)cc(OC)c3O)c2)cc1OC. The van der Waals surface area contributed by atoms with Gasteiger partial charge in [-0.15, -0.1) is 0 Å². The van der Waals surface area contributed by atoms with Gasteiger partial charge in [0.25, 0.3) is 0 Å². The molecule has 4 aromatic carbocycles. The second-order valence-corrected chi connectivity index (χ2v) is 13.6. The first-order chi connectivity index (χ1) is 26.1. The molecular formula is C42H46O12. The van der Waals surface area contributed by atoms with Gasteiger partial charge in [0, 0.05) is 23.0 Å². The molecular weight excluding hydrogens is 696 g/mol. The largest absolute Gasteiger partial charge is 0.504 e. The molecule has 2 fully saturated rings. The third-order valence-corrected chi connectivity index (χ3v) is 10.4. The number of esters is 2. The molecule has 2 heterocycles. The van der Waals surface area contributed by atoms with Gasteiger partial charge >= 0.3 is 11.9 Å². The molecule has 0 aromatic heterocycles. The highest BCUT2D eigenvalue weighted by Crippen LogP contribution is 2.47. The zero-order chi connectivity index (χ0) is 38.5. The quantitative estimate of drug-likeness (QED) is 0.138. The highest BCUT2D eigenvalue weighted by molar-refractivity contribution is 5.82. The Kier molecular flexibility index (Phi) is 11.6. The van der Waals surface area contributed by atoms with Crippen LogP contribution < -0.4 is 28.4 Å². The third-order valence-electron chi connectivity index (χ3n) is 10.4. The summed E-state index contributed by atoms with van der Waals surface area (Å²) in [5.41, 5.74) is 3.88. The van der Waals surface area contributed by atoms with Crippen LogP contribution in [0.3, 0.4) is 0 Å². The molecule has 54 heavy (non-hydrogen) atoms. The first kappa shape index (κ1) is 38.0. The molecule has 0 amide bonds. The van der Waals surface area contributed by atoms with Crippen LogP contribution in [0.5, 0.6) is 46.0 Å². The maximum atomic E-state index is 13.1. The number of carbonyl (C=O) groups excluding carboxylic acids is 2. The van der Waals surface area contributed by atoms with Crippen LogP contribution in [0.4, 0.5) is 0 Å². The Hall–Kier alpha value is -5.78. The normalized spacial score (nSPS) is 19.2. The number of hydrogen-bond donors (Lipinski definition) is 2. The maximum Gasteiger partial charge on any atom is 0.309 e. The van der Waals surface area contributed by atoms with Crippen LogP contribution in [0.15, 0.2) is 60.7 Å². The van der Waals surface area contributed by atoms with Gasteiger partial charge in [0.2, 0.25) is 0 Å². The minimum absolute atomic E-state index is 0.131. The highest BCUT2D eigenvalue weighted by atomic mass is 16.5. The van der Waals surface area contributed by atoms with Gasteiger partial charge in [-0.25, -0.2) is 0 Å². The van der Waals surface area contributed by atoms with Gasteiger partial charge in [-0.2, -0.15) is 0 Å². The van der Waals surface area contributed by atoms with Crippen LogP contribution in [-0.4, -0.2) is 78.0 Å². The molecule has 2 saturated heterocycles. The number of carbonyl (C=O) groups is 2. The molecule has 2 aliphatic rings. The standard InChI is InChI=1S/C42H46O12/c1-47-33-9-7-23(17-35(33)49-3)11-27-21-53-41(45)29(27)13-25-15-31(39(43)37(19-25)51-5)32-16-26(20-38(52-6)40(32)44)14-30-28(22-54-42(30)46)12-24-8-10-34(48-2)36(18-24)50-4/h7-10,15-20,27-30,43-44H,11-14,21-22H2,1-6H3/t27-,28-,29+,30+/m1/s1. The van der Waals surface area contributed by atoms with Crippen LogP contribution >= 0.6 is 0 Å². The second kappa shape index (κ2) is 16.5. The fourth-order valence-electron chi connectivity index (χ4n) is 7.53. The van der Waals surface area contributed by atoms with Crippen molar-refractivity contribution in [1.29, 1.82) is 0 Å². The first-order valence-electron chi connectivity index (χ1n) is 17.7. The number of methoxy groups -OCH3 is 6. The number of hydrogen-bond acceptors (Lipinski definition) is 12. The summed E-state index contributed by atoms with van der Waals surface area (Å²) >= 11 is 0. The lowest BCUT2D eigenvalue weighted by molar-refractivity contribution is -0.142. The van der Waals surface area contributed by atoms with Crippen molar-refractivity contribution in [1.82, 2.24) is 0 Å². The van der Waals surface area contributed by atoms with Crippen molar-refractivity contribution in [2.75, 3.05) is 55.9 Å². The van der Waals surface area contributed by atoms with E-state index < -0.39 is 11.8 Å². The summed E-state index contributed by atoms with van der Waals surface area (Å²) in [6.45, 7) is 0.521. The summed E-state index contributed by atoms with van der Waals surface area (Å²) in [6.07, 6.45) is 1.72. The Labute approximate surface area is 314 Å². The number of cyclic esters (lactones) is 2. The van der Waals surface area contributed by atoms with Gasteiger partial charge in [-0.1, -0.05) is 12.1 Å². The number of rotatable bonds is 15. The molecule has 6 rings (SSSR count). The van der Waals surface area contributed by atoms with Gasteiger partial charge in [0.05, 0.1) is 67.7 Å². The molecule has 0 unspecified atom stereocenters. The second-order valence-electron chi connectivity index (χ2n) is 13.6. The molecule has 12 heteroatoms. The van der Waals surface area contributed by atoms with E-state index in [1.165, 1.54) is 14.2 Å². The van der Waals surface area contributed by atoms with Crippen molar-refractivity contribution in [3.8, 4) is 57.1 Å². The Balaban J connectivity index is 1.29. The minimum atomic E-state index is -0.481. The van der Waals surface area contributed by atoms with E-state index in [4.69, 9.17) is 37.9 Å². The lowest BCUT2D eigenvalue weighted by Crippen LogP contribution is -2.21. The predicted octanol–water partition coefficient (Wildman–Crippen LogP) is 5.97. The van der Waals surface area contributed by atoms with E-state index in [1.54, 1.807) is 52.7 Å². The summed E-state index contributed by atoms with van der Waals surface area (Å²) in [4.78, 5) is 26.2. The number of benzene rings is 4. The van der Waals surface area contributed by atoms with Crippen LogP contribution in [0, 0.1) is 23.7 Å². The highest BCUT2D eigenvalue weighted by Gasteiger charge is 2.39. The monoisotopic (exact) mass is 742 g/mol. The number of phenolic OH excluding ortho intramolecular Hbond substituents is 2. The average Bonchev–Trinajstić information content (AvgIpc) is 3.71. The van der Waals surface area contributed by atoms with Crippen molar-refractivity contribution >= 4 is 11.9 Å². The Morgan fingerprint density at radius 2 is 0.833 bits per heavy atom. The molecule has 2 aliphatic heterocycles. The maximum absolute atomic E-state index is 13.1. The minimum Gasteiger partial charge on any atom is -0.504 e. The molecule has 0 radical (unpaired) electrons. The Morgan fingerprint density at radius 1 is 0.481 bits per heavy atom. The van der Waals surface area contributed by atoms with E-state index in [-0.39, 0.29) is 71.1 Å². The van der Waals surface area contributed by atoms with E-state index >= 15 is 0 Å². The smallest absolute Gasteiger partial charge is 0.309 e. The topological polar surface area (TPSA) is 148 Å². The Bertz CT molecular complexity index is 1860.